The molecule has 106 valence electrons. The molecule has 0 radical (unpaired) electrons. The maximum absolute atomic E-state index is 10.6. The first kappa shape index (κ1) is 12.9. The largest absolute Gasteiger partial charge is 0.481 e. The second-order valence-corrected chi connectivity index (χ2v) is 4.08. The Bertz CT molecular complexity index is 748. The van der Waals surface area contributed by atoms with E-state index in [1.54, 1.807) is 36.4 Å². The molecule has 0 atom stereocenters. The number of carbonyl (C=O) groups is 1. The van der Waals surface area contributed by atoms with Crippen LogP contribution in [0.25, 0.3) is 23.0 Å². The highest BCUT2D eigenvalue weighted by molar-refractivity contribution is 5.70. The summed E-state index contributed by atoms with van der Waals surface area (Å²) in [5.41, 5.74) is 0.518. The normalized spacial score (nSPS) is 10.5. The van der Waals surface area contributed by atoms with Gasteiger partial charge in [0.2, 0.25) is 5.82 Å². The number of aliphatic carboxylic acids is 1. The summed E-state index contributed by atoms with van der Waals surface area (Å²) in [5, 5.41) is 12.5. The Morgan fingerprint density at radius 3 is 2.86 bits per heavy atom. The van der Waals surface area contributed by atoms with Gasteiger partial charge in [-0.3, -0.25) is 0 Å². The van der Waals surface area contributed by atoms with E-state index < -0.39 is 12.6 Å². The van der Waals surface area contributed by atoms with E-state index in [4.69, 9.17) is 18.8 Å². The molecule has 21 heavy (non-hydrogen) atoms. The van der Waals surface area contributed by atoms with E-state index in [1.807, 2.05) is 0 Å². The third kappa shape index (κ3) is 2.76. The van der Waals surface area contributed by atoms with E-state index in [1.165, 1.54) is 6.26 Å². The number of para-hydroxylation sites is 1. The smallest absolute Gasteiger partial charge is 0.341 e. The van der Waals surface area contributed by atoms with Crippen molar-refractivity contribution in [2.45, 2.75) is 0 Å². The molecule has 3 aromatic rings. The number of hydrogen-bond donors (Lipinski definition) is 1. The number of ether oxygens (including phenoxy) is 1. The fourth-order valence-electron chi connectivity index (χ4n) is 1.75. The van der Waals surface area contributed by atoms with Gasteiger partial charge in [-0.15, -0.1) is 0 Å². The van der Waals surface area contributed by atoms with Crippen molar-refractivity contribution < 1.29 is 23.6 Å². The molecule has 0 saturated carbocycles. The molecule has 0 fully saturated rings. The maximum Gasteiger partial charge on any atom is 0.341 e. The van der Waals surface area contributed by atoms with Gasteiger partial charge in [-0.25, -0.2) is 4.79 Å². The zero-order valence-electron chi connectivity index (χ0n) is 10.7. The van der Waals surface area contributed by atoms with Gasteiger partial charge in [-0.2, -0.15) is 4.98 Å². The van der Waals surface area contributed by atoms with Crippen molar-refractivity contribution in [3.8, 4) is 28.8 Å². The van der Waals surface area contributed by atoms with Gasteiger partial charge in [0.25, 0.3) is 5.89 Å². The molecule has 2 heterocycles. The molecule has 7 heteroatoms. The van der Waals surface area contributed by atoms with Crippen molar-refractivity contribution in [3.63, 3.8) is 0 Å². The minimum Gasteiger partial charge on any atom is -0.481 e. The molecule has 0 unspecified atom stereocenters. The minimum absolute atomic E-state index is 0.224. The Labute approximate surface area is 118 Å². The third-order valence-corrected chi connectivity index (χ3v) is 2.64. The maximum atomic E-state index is 10.6. The highest BCUT2D eigenvalue weighted by Gasteiger charge is 2.16. The van der Waals surface area contributed by atoms with Crippen LogP contribution in [0.2, 0.25) is 0 Å². The quantitative estimate of drug-likeness (QED) is 0.769. The number of aromatic nitrogens is 2. The first-order valence-corrected chi connectivity index (χ1v) is 6.05. The lowest BCUT2D eigenvalue weighted by atomic mass is 10.2. The van der Waals surface area contributed by atoms with E-state index in [2.05, 4.69) is 10.1 Å². The van der Waals surface area contributed by atoms with Gasteiger partial charge < -0.3 is 18.8 Å². The predicted octanol–water partition coefficient (Wildman–Crippen LogP) is 2.46. The Hall–Kier alpha value is -3.09. The summed E-state index contributed by atoms with van der Waals surface area (Å²) in [4.78, 5) is 14.8. The van der Waals surface area contributed by atoms with Gasteiger partial charge in [0.15, 0.2) is 12.4 Å². The molecule has 0 aliphatic rings. The molecule has 1 aromatic carbocycles. The third-order valence-electron chi connectivity index (χ3n) is 2.64. The molecular weight excluding hydrogens is 276 g/mol. The first-order valence-electron chi connectivity index (χ1n) is 6.05. The zero-order valence-corrected chi connectivity index (χ0v) is 10.7. The summed E-state index contributed by atoms with van der Waals surface area (Å²) in [6.07, 6.45) is 1.51. The molecule has 0 bridgehead atoms. The van der Waals surface area contributed by atoms with Gasteiger partial charge in [0.1, 0.15) is 5.75 Å². The fraction of sp³-hybridized carbons (Fsp3) is 0.0714. The van der Waals surface area contributed by atoms with Crippen LogP contribution in [0.4, 0.5) is 0 Å². The van der Waals surface area contributed by atoms with Crippen molar-refractivity contribution in [1.82, 2.24) is 10.1 Å². The Morgan fingerprint density at radius 2 is 2.10 bits per heavy atom. The standard InChI is InChI=1S/C14H10N2O5/c17-12(18)8-20-10-5-2-1-4-9(10)14-15-13(16-21-14)11-6-3-7-19-11/h1-7H,8H2,(H,17,18). The fourth-order valence-corrected chi connectivity index (χ4v) is 1.75. The van der Waals surface area contributed by atoms with Crippen LogP contribution in [0.5, 0.6) is 5.75 Å². The van der Waals surface area contributed by atoms with Crippen LogP contribution in [0.3, 0.4) is 0 Å². The average Bonchev–Trinajstić information content (AvgIpc) is 3.16. The second-order valence-electron chi connectivity index (χ2n) is 4.08. The van der Waals surface area contributed by atoms with E-state index in [-0.39, 0.29) is 5.89 Å². The summed E-state index contributed by atoms with van der Waals surface area (Å²) in [6.45, 7) is -0.448. The molecule has 7 nitrogen and oxygen atoms in total. The van der Waals surface area contributed by atoms with Crippen molar-refractivity contribution in [3.05, 3.63) is 42.7 Å². The Morgan fingerprint density at radius 1 is 1.24 bits per heavy atom. The van der Waals surface area contributed by atoms with Gasteiger partial charge in [0.05, 0.1) is 11.8 Å². The van der Waals surface area contributed by atoms with Crippen molar-refractivity contribution in [2.24, 2.45) is 0 Å². The molecule has 0 aliphatic heterocycles. The molecule has 2 aromatic heterocycles. The van der Waals surface area contributed by atoms with Crippen molar-refractivity contribution >= 4 is 5.97 Å². The lowest BCUT2D eigenvalue weighted by molar-refractivity contribution is -0.139. The highest BCUT2D eigenvalue weighted by Crippen LogP contribution is 2.30. The number of nitrogens with zero attached hydrogens (tertiary/aromatic N) is 2. The highest BCUT2D eigenvalue weighted by atomic mass is 16.5. The van der Waals surface area contributed by atoms with E-state index in [9.17, 15) is 4.79 Å². The molecule has 0 amide bonds. The van der Waals surface area contributed by atoms with Crippen LogP contribution in [0.15, 0.2) is 51.6 Å². The van der Waals surface area contributed by atoms with Crippen molar-refractivity contribution in [2.75, 3.05) is 6.61 Å². The first-order chi connectivity index (χ1) is 10.2. The summed E-state index contributed by atoms with van der Waals surface area (Å²) in [5.74, 6) is 0.306. The average molecular weight is 286 g/mol. The number of hydrogen-bond acceptors (Lipinski definition) is 6. The predicted molar refractivity (Wildman–Crippen MR) is 70.6 cm³/mol. The number of carboxylic acids is 1. The van der Waals surface area contributed by atoms with Crippen LogP contribution >= 0.6 is 0 Å². The van der Waals surface area contributed by atoms with Gasteiger partial charge >= 0.3 is 5.97 Å². The topological polar surface area (TPSA) is 98.6 Å². The molecule has 1 N–H and O–H groups in total. The summed E-state index contributed by atoms with van der Waals surface area (Å²) in [7, 11) is 0. The molecule has 0 aliphatic carbocycles. The monoisotopic (exact) mass is 286 g/mol. The van der Waals surface area contributed by atoms with Crippen molar-refractivity contribution in [1.29, 1.82) is 0 Å². The Balaban J connectivity index is 1.92. The van der Waals surface area contributed by atoms with Crippen LogP contribution in [-0.2, 0) is 4.79 Å². The molecular formula is C14H10N2O5. The number of rotatable bonds is 5. The van der Waals surface area contributed by atoms with E-state index in [0.717, 1.165) is 0 Å². The molecule has 0 saturated heterocycles. The zero-order chi connectivity index (χ0) is 14.7. The van der Waals surface area contributed by atoms with Crippen LogP contribution in [0, 0.1) is 0 Å². The van der Waals surface area contributed by atoms with Gasteiger partial charge in [-0.1, -0.05) is 17.3 Å². The lowest BCUT2D eigenvalue weighted by Crippen LogP contribution is -2.09. The number of benzene rings is 1. The Kier molecular flexibility index (Phi) is 3.38. The summed E-state index contributed by atoms with van der Waals surface area (Å²) >= 11 is 0. The minimum atomic E-state index is -1.06. The van der Waals surface area contributed by atoms with Crippen LogP contribution in [-0.4, -0.2) is 27.8 Å². The van der Waals surface area contributed by atoms with Gasteiger partial charge in [0, 0.05) is 0 Å². The second kappa shape index (κ2) is 5.49. The molecule has 0 spiro atoms. The lowest BCUT2D eigenvalue weighted by Gasteiger charge is -2.06. The summed E-state index contributed by atoms with van der Waals surface area (Å²) in [6, 6.07) is 10.3. The SMILES string of the molecule is O=C(O)COc1ccccc1-c1nc(-c2ccco2)no1. The number of furan rings is 1. The summed E-state index contributed by atoms with van der Waals surface area (Å²) < 4.78 is 15.6. The van der Waals surface area contributed by atoms with E-state index >= 15 is 0 Å². The molecule has 3 rings (SSSR count). The van der Waals surface area contributed by atoms with Crippen LogP contribution < -0.4 is 4.74 Å². The van der Waals surface area contributed by atoms with Gasteiger partial charge in [-0.05, 0) is 24.3 Å². The van der Waals surface area contributed by atoms with Crippen LogP contribution in [0.1, 0.15) is 0 Å². The van der Waals surface area contributed by atoms with E-state index in [0.29, 0.717) is 22.9 Å². The number of carboxylic acid groups (broad SMARTS) is 1.